The number of rotatable bonds is 1. The molecule has 4 nitrogen and oxygen atoms in total. The van der Waals surface area contributed by atoms with E-state index in [2.05, 4.69) is 6.58 Å². The van der Waals surface area contributed by atoms with E-state index in [0.717, 1.165) is 12.8 Å². The van der Waals surface area contributed by atoms with Crippen LogP contribution in [0.2, 0.25) is 0 Å². The van der Waals surface area contributed by atoms with Crippen LogP contribution in [0.1, 0.15) is 52.9 Å². The maximum absolute atomic E-state index is 12.5. The first-order valence-corrected chi connectivity index (χ1v) is 8.23. The standard InChI is InChI=1S/C19H24O4/c1-5-18(4)9-10-19(22)12-7-6-8-17(2,3)14(12)16(21)23-15(20)13(19)11-18/h5,11,22H,1,6-10H2,2-4H3. The lowest BCUT2D eigenvalue weighted by Gasteiger charge is -2.43. The van der Waals surface area contributed by atoms with Gasteiger partial charge in [-0.15, -0.1) is 6.58 Å². The number of ether oxygens (including phenoxy) is 1. The Morgan fingerprint density at radius 2 is 1.87 bits per heavy atom. The Morgan fingerprint density at radius 1 is 1.17 bits per heavy atom. The van der Waals surface area contributed by atoms with Crippen LogP contribution in [0.15, 0.2) is 35.5 Å². The highest BCUT2D eigenvalue weighted by atomic mass is 16.6. The number of carbonyl (C=O) groups excluding carboxylic acids is 2. The van der Waals surface area contributed by atoms with Crippen molar-refractivity contribution >= 4 is 11.9 Å². The number of allylic oxidation sites excluding steroid dienone is 2. The van der Waals surface area contributed by atoms with E-state index in [9.17, 15) is 14.7 Å². The summed E-state index contributed by atoms with van der Waals surface area (Å²) in [6.45, 7) is 9.74. The molecule has 1 aliphatic heterocycles. The van der Waals surface area contributed by atoms with Crippen molar-refractivity contribution in [3.63, 3.8) is 0 Å². The molecule has 0 saturated heterocycles. The fourth-order valence-corrected chi connectivity index (χ4v) is 4.18. The van der Waals surface area contributed by atoms with Gasteiger partial charge in [-0.05, 0) is 43.1 Å². The van der Waals surface area contributed by atoms with Crippen molar-refractivity contribution in [1.82, 2.24) is 0 Å². The number of esters is 2. The van der Waals surface area contributed by atoms with Crippen LogP contribution in [0.5, 0.6) is 0 Å². The molecule has 0 aromatic rings. The van der Waals surface area contributed by atoms with Crippen LogP contribution in [0.3, 0.4) is 0 Å². The normalized spacial score (nSPS) is 36.4. The van der Waals surface area contributed by atoms with Crippen molar-refractivity contribution in [2.45, 2.75) is 58.5 Å². The van der Waals surface area contributed by atoms with Crippen molar-refractivity contribution in [3.8, 4) is 0 Å². The topological polar surface area (TPSA) is 63.6 Å². The molecule has 124 valence electrons. The highest BCUT2D eigenvalue weighted by molar-refractivity contribution is 6.07. The molecule has 3 rings (SSSR count). The van der Waals surface area contributed by atoms with Gasteiger partial charge in [0.1, 0.15) is 5.60 Å². The number of hydrogen-bond donors (Lipinski definition) is 1. The van der Waals surface area contributed by atoms with Crippen LogP contribution in [0.25, 0.3) is 0 Å². The molecular weight excluding hydrogens is 292 g/mol. The van der Waals surface area contributed by atoms with E-state index >= 15 is 0 Å². The molecule has 0 spiro atoms. The van der Waals surface area contributed by atoms with Crippen LogP contribution in [-0.4, -0.2) is 22.6 Å². The molecule has 3 aliphatic rings. The van der Waals surface area contributed by atoms with Gasteiger partial charge in [0.2, 0.25) is 0 Å². The molecule has 0 saturated carbocycles. The zero-order chi connectivity index (χ0) is 17.0. The van der Waals surface area contributed by atoms with Gasteiger partial charge < -0.3 is 9.84 Å². The van der Waals surface area contributed by atoms with E-state index in [1.807, 2.05) is 20.8 Å². The number of cyclic esters (lactones) is 2. The predicted octanol–water partition coefficient (Wildman–Crippen LogP) is 3.22. The van der Waals surface area contributed by atoms with Gasteiger partial charge in [-0.1, -0.05) is 32.9 Å². The van der Waals surface area contributed by atoms with Crippen LogP contribution >= 0.6 is 0 Å². The molecule has 2 aliphatic carbocycles. The summed E-state index contributed by atoms with van der Waals surface area (Å²) in [6.07, 6.45) is 6.94. The van der Waals surface area contributed by atoms with Crippen LogP contribution < -0.4 is 0 Å². The van der Waals surface area contributed by atoms with Gasteiger partial charge in [0.25, 0.3) is 0 Å². The van der Waals surface area contributed by atoms with Crippen LogP contribution in [0.4, 0.5) is 0 Å². The largest absolute Gasteiger partial charge is 0.386 e. The molecular formula is C19H24O4. The van der Waals surface area contributed by atoms with Gasteiger partial charge in [-0.25, -0.2) is 9.59 Å². The van der Waals surface area contributed by atoms with E-state index in [1.165, 1.54) is 0 Å². The number of hydrogen-bond acceptors (Lipinski definition) is 4. The Morgan fingerprint density at radius 3 is 2.52 bits per heavy atom. The van der Waals surface area contributed by atoms with Gasteiger partial charge in [-0.2, -0.15) is 0 Å². The van der Waals surface area contributed by atoms with Crippen molar-refractivity contribution < 1.29 is 19.4 Å². The zero-order valence-corrected chi connectivity index (χ0v) is 14.1. The van der Waals surface area contributed by atoms with Crippen LogP contribution in [0, 0.1) is 10.8 Å². The first kappa shape index (κ1) is 16.2. The second kappa shape index (κ2) is 4.91. The Hall–Kier alpha value is -1.68. The van der Waals surface area contributed by atoms with Crippen molar-refractivity contribution in [3.05, 3.63) is 35.5 Å². The Kier molecular flexibility index (Phi) is 3.45. The lowest BCUT2D eigenvalue weighted by atomic mass is 9.63. The average Bonchev–Trinajstić information content (AvgIpc) is 2.55. The predicted molar refractivity (Wildman–Crippen MR) is 86.3 cm³/mol. The molecule has 23 heavy (non-hydrogen) atoms. The summed E-state index contributed by atoms with van der Waals surface area (Å²) in [5, 5.41) is 11.4. The van der Waals surface area contributed by atoms with E-state index in [4.69, 9.17) is 4.74 Å². The third-order valence-electron chi connectivity index (χ3n) is 5.73. The summed E-state index contributed by atoms with van der Waals surface area (Å²) in [4.78, 5) is 25.0. The summed E-state index contributed by atoms with van der Waals surface area (Å²) < 4.78 is 5.09. The molecule has 0 fully saturated rings. The molecule has 1 heterocycles. The number of carbonyl (C=O) groups is 2. The summed E-state index contributed by atoms with van der Waals surface area (Å²) in [6, 6.07) is 0. The van der Waals surface area contributed by atoms with Gasteiger partial charge >= 0.3 is 11.9 Å². The number of fused-ring (bicyclic) bond motifs is 2. The lowest BCUT2D eigenvalue weighted by molar-refractivity contribution is -0.155. The van der Waals surface area contributed by atoms with Gasteiger partial charge in [0.15, 0.2) is 0 Å². The second-order valence-corrected chi connectivity index (χ2v) is 7.90. The lowest BCUT2D eigenvalue weighted by Crippen LogP contribution is -2.43. The van der Waals surface area contributed by atoms with Crippen molar-refractivity contribution in [2.24, 2.45) is 10.8 Å². The van der Waals surface area contributed by atoms with Crippen LogP contribution in [-0.2, 0) is 14.3 Å². The second-order valence-electron chi connectivity index (χ2n) is 7.90. The fourth-order valence-electron chi connectivity index (χ4n) is 4.18. The minimum absolute atomic E-state index is 0.196. The van der Waals surface area contributed by atoms with Gasteiger partial charge in [-0.3, -0.25) is 0 Å². The maximum Gasteiger partial charge on any atom is 0.344 e. The minimum Gasteiger partial charge on any atom is -0.386 e. The van der Waals surface area contributed by atoms with E-state index in [1.54, 1.807) is 12.2 Å². The van der Waals surface area contributed by atoms with Crippen molar-refractivity contribution in [1.29, 1.82) is 0 Å². The molecule has 2 atom stereocenters. The molecule has 0 radical (unpaired) electrons. The summed E-state index contributed by atoms with van der Waals surface area (Å²) in [5.74, 6) is -1.32. The molecule has 0 aromatic carbocycles. The molecule has 4 heteroatoms. The maximum atomic E-state index is 12.5. The van der Waals surface area contributed by atoms with Gasteiger partial charge in [0.05, 0.1) is 5.57 Å². The smallest absolute Gasteiger partial charge is 0.344 e. The van der Waals surface area contributed by atoms with E-state index in [-0.39, 0.29) is 11.0 Å². The van der Waals surface area contributed by atoms with E-state index in [0.29, 0.717) is 30.4 Å². The third-order valence-corrected chi connectivity index (χ3v) is 5.73. The average molecular weight is 316 g/mol. The quantitative estimate of drug-likeness (QED) is 0.458. The Bertz CT molecular complexity index is 667. The summed E-state index contributed by atoms with van der Waals surface area (Å²) in [7, 11) is 0. The monoisotopic (exact) mass is 316 g/mol. The summed E-state index contributed by atoms with van der Waals surface area (Å²) >= 11 is 0. The molecule has 1 N–H and O–H groups in total. The molecule has 0 amide bonds. The highest BCUT2D eigenvalue weighted by Gasteiger charge is 2.52. The summed E-state index contributed by atoms with van der Waals surface area (Å²) in [5.41, 5.74) is -0.790. The minimum atomic E-state index is -1.39. The Balaban J connectivity index is 2.26. The SMILES string of the molecule is C=CC1(C)C=C2C(=O)OC(=O)C3=C(CCCC3(C)C)C2(O)CC1. The number of aliphatic hydroxyl groups is 1. The first-order valence-electron chi connectivity index (χ1n) is 8.23. The fraction of sp³-hybridized carbons (Fsp3) is 0.579. The van der Waals surface area contributed by atoms with E-state index < -0.39 is 23.0 Å². The molecule has 0 bridgehead atoms. The third kappa shape index (κ3) is 2.31. The van der Waals surface area contributed by atoms with Crippen molar-refractivity contribution in [2.75, 3.05) is 0 Å². The van der Waals surface area contributed by atoms with Gasteiger partial charge in [0, 0.05) is 11.0 Å². The molecule has 2 unspecified atom stereocenters. The first-order chi connectivity index (χ1) is 10.6. The highest BCUT2D eigenvalue weighted by Crippen LogP contribution is 2.52. The molecule has 0 aromatic heterocycles. The zero-order valence-electron chi connectivity index (χ0n) is 14.1. The Labute approximate surface area is 136 Å².